The smallest absolute Gasteiger partial charge is 0.238 e. The van der Waals surface area contributed by atoms with E-state index in [9.17, 15) is 4.79 Å². The largest absolute Gasteiger partial charge is 0.497 e. The highest BCUT2D eigenvalue weighted by Gasteiger charge is 2.28. The Kier molecular flexibility index (Phi) is 5.20. The van der Waals surface area contributed by atoms with Gasteiger partial charge in [-0.15, -0.1) is 0 Å². The molecule has 2 rings (SSSR count). The van der Waals surface area contributed by atoms with Crippen molar-refractivity contribution in [3.05, 3.63) is 24.3 Å². The van der Waals surface area contributed by atoms with Crippen molar-refractivity contribution >= 4 is 11.6 Å². The van der Waals surface area contributed by atoms with Crippen molar-refractivity contribution in [2.45, 2.75) is 25.3 Å². The highest BCUT2D eigenvalue weighted by atomic mass is 16.5. The summed E-state index contributed by atoms with van der Waals surface area (Å²) in [6, 6.07) is 7.39. The molecule has 0 atom stereocenters. The van der Waals surface area contributed by atoms with Crippen LogP contribution in [0.25, 0.3) is 0 Å². The average molecular weight is 291 g/mol. The first-order valence-corrected chi connectivity index (χ1v) is 7.40. The van der Waals surface area contributed by atoms with Crippen LogP contribution in [-0.4, -0.2) is 50.1 Å². The van der Waals surface area contributed by atoms with Crippen LogP contribution in [0.4, 0.5) is 5.69 Å². The summed E-state index contributed by atoms with van der Waals surface area (Å²) >= 11 is 0. The van der Waals surface area contributed by atoms with Gasteiger partial charge in [0.05, 0.1) is 13.7 Å². The van der Waals surface area contributed by atoms with Gasteiger partial charge in [0.15, 0.2) is 0 Å². The van der Waals surface area contributed by atoms with Crippen LogP contribution in [0.2, 0.25) is 0 Å². The molecule has 116 valence electrons. The van der Waals surface area contributed by atoms with Crippen molar-refractivity contribution < 1.29 is 9.53 Å². The van der Waals surface area contributed by atoms with Gasteiger partial charge in [0.25, 0.3) is 0 Å². The number of amides is 1. The minimum absolute atomic E-state index is 0.0354. The highest BCUT2D eigenvalue weighted by Crippen LogP contribution is 2.21. The lowest BCUT2D eigenvalue weighted by Crippen LogP contribution is -2.51. The van der Waals surface area contributed by atoms with Crippen LogP contribution in [-0.2, 0) is 4.79 Å². The molecule has 2 N–H and O–H groups in total. The molecule has 1 aromatic carbocycles. The van der Waals surface area contributed by atoms with Crippen molar-refractivity contribution in [2.75, 3.05) is 39.1 Å². The molecule has 1 aliphatic rings. The fraction of sp³-hybridized carbons (Fsp3) is 0.562. The Balaban J connectivity index is 1.79. The second-order valence-electron chi connectivity index (χ2n) is 5.86. The van der Waals surface area contributed by atoms with E-state index in [2.05, 4.69) is 22.5 Å². The van der Waals surface area contributed by atoms with Crippen molar-refractivity contribution in [2.24, 2.45) is 0 Å². The SMILES string of the molecule is CNC1(C)CCN(CC(=O)Nc2ccc(OC)cc2)CC1. The minimum atomic E-state index is 0.0354. The predicted octanol–water partition coefficient (Wildman–Crippen LogP) is 1.71. The number of hydrogen-bond donors (Lipinski definition) is 2. The van der Waals surface area contributed by atoms with E-state index in [1.54, 1.807) is 7.11 Å². The zero-order chi connectivity index (χ0) is 15.3. The van der Waals surface area contributed by atoms with E-state index in [4.69, 9.17) is 4.74 Å². The zero-order valence-corrected chi connectivity index (χ0v) is 13.1. The fourth-order valence-corrected chi connectivity index (χ4v) is 2.53. The number of rotatable bonds is 5. The molecule has 1 heterocycles. The standard InChI is InChI=1S/C16H25N3O2/c1-16(17-2)8-10-19(11-9-16)12-15(20)18-13-4-6-14(21-3)7-5-13/h4-7,17H,8-12H2,1-3H3,(H,18,20). The maximum Gasteiger partial charge on any atom is 0.238 e. The quantitative estimate of drug-likeness (QED) is 0.867. The molecule has 0 aliphatic carbocycles. The summed E-state index contributed by atoms with van der Waals surface area (Å²) in [6.45, 7) is 4.59. The maximum atomic E-state index is 12.1. The predicted molar refractivity (Wildman–Crippen MR) is 84.8 cm³/mol. The molecule has 1 amide bonds. The third-order valence-electron chi connectivity index (χ3n) is 4.30. The average Bonchev–Trinajstić information content (AvgIpc) is 2.50. The minimum Gasteiger partial charge on any atom is -0.497 e. The van der Waals surface area contributed by atoms with Gasteiger partial charge in [-0.2, -0.15) is 0 Å². The van der Waals surface area contributed by atoms with Crippen LogP contribution < -0.4 is 15.4 Å². The second kappa shape index (κ2) is 6.91. The molecule has 0 saturated carbocycles. The van der Waals surface area contributed by atoms with E-state index < -0.39 is 0 Å². The third-order valence-corrected chi connectivity index (χ3v) is 4.30. The molecule has 1 fully saturated rings. The van der Waals surface area contributed by atoms with E-state index in [-0.39, 0.29) is 11.4 Å². The lowest BCUT2D eigenvalue weighted by Gasteiger charge is -2.39. The number of piperidine rings is 1. The fourth-order valence-electron chi connectivity index (χ4n) is 2.53. The molecular formula is C16H25N3O2. The molecular weight excluding hydrogens is 266 g/mol. The van der Waals surface area contributed by atoms with Gasteiger partial charge in [-0.25, -0.2) is 0 Å². The number of benzene rings is 1. The number of nitrogens with zero attached hydrogens (tertiary/aromatic N) is 1. The van der Waals surface area contributed by atoms with Gasteiger partial charge >= 0.3 is 0 Å². The van der Waals surface area contributed by atoms with Crippen LogP contribution in [0.15, 0.2) is 24.3 Å². The normalized spacial score (nSPS) is 18.2. The van der Waals surface area contributed by atoms with Gasteiger partial charge in [-0.3, -0.25) is 9.69 Å². The molecule has 1 aromatic rings. The summed E-state index contributed by atoms with van der Waals surface area (Å²) in [5.41, 5.74) is 1.01. The van der Waals surface area contributed by atoms with Crippen molar-refractivity contribution in [3.63, 3.8) is 0 Å². The zero-order valence-electron chi connectivity index (χ0n) is 13.1. The number of carbonyl (C=O) groups excluding carboxylic acids is 1. The topological polar surface area (TPSA) is 53.6 Å². The maximum absolute atomic E-state index is 12.1. The second-order valence-corrected chi connectivity index (χ2v) is 5.86. The van der Waals surface area contributed by atoms with Crippen molar-refractivity contribution in [1.29, 1.82) is 0 Å². The lowest BCUT2D eigenvalue weighted by molar-refractivity contribution is -0.117. The summed E-state index contributed by atoms with van der Waals surface area (Å²) in [5.74, 6) is 0.823. The monoisotopic (exact) mass is 291 g/mol. The van der Waals surface area contributed by atoms with Crippen molar-refractivity contribution in [1.82, 2.24) is 10.2 Å². The van der Waals surface area contributed by atoms with Crippen LogP contribution in [0.3, 0.4) is 0 Å². The van der Waals surface area contributed by atoms with Gasteiger partial charge in [0, 0.05) is 24.3 Å². The Hall–Kier alpha value is -1.59. The molecule has 21 heavy (non-hydrogen) atoms. The molecule has 0 radical (unpaired) electrons. The highest BCUT2D eigenvalue weighted by molar-refractivity contribution is 5.92. The Bertz CT molecular complexity index is 465. The van der Waals surface area contributed by atoms with Crippen LogP contribution in [0.1, 0.15) is 19.8 Å². The van der Waals surface area contributed by atoms with Gasteiger partial charge in [-0.05, 0) is 51.1 Å². The molecule has 0 spiro atoms. The van der Waals surface area contributed by atoms with Gasteiger partial charge < -0.3 is 15.4 Å². The molecule has 0 unspecified atom stereocenters. The molecule has 5 heteroatoms. The number of nitrogens with one attached hydrogen (secondary N) is 2. The van der Waals surface area contributed by atoms with Crippen LogP contribution >= 0.6 is 0 Å². The lowest BCUT2D eigenvalue weighted by atomic mass is 9.90. The van der Waals surface area contributed by atoms with E-state index in [1.807, 2.05) is 31.3 Å². The number of hydrogen-bond acceptors (Lipinski definition) is 4. The number of anilines is 1. The summed E-state index contributed by atoms with van der Waals surface area (Å²) in [6.07, 6.45) is 2.14. The number of carbonyl (C=O) groups is 1. The van der Waals surface area contributed by atoms with Crippen LogP contribution in [0, 0.1) is 0 Å². The van der Waals surface area contributed by atoms with E-state index in [0.29, 0.717) is 6.54 Å². The van der Waals surface area contributed by atoms with Crippen molar-refractivity contribution in [3.8, 4) is 5.75 Å². The van der Waals surface area contributed by atoms with E-state index >= 15 is 0 Å². The number of methoxy groups -OCH3 is 1. The number of ether oxygens (including phenoxy) is 1. The number of likely N-dealkylation sites (tertiary alicyclic amines) is 1. The Morgan fingerprint density at radius 2 is 1.90 bits per heavy atom. The first-order chi connectivity index (χ1) is 10.0. The first kappa shape index (κ1) is 15.8. The van der Waals surface area contributed by atoms with E-state index in [1.165, 1.54) is 0 Å². The Morgan fingerprint density at radius 3 is 2.43 bits per heavy atom. The van der Waals surface area contributed by atoms with Gasteiger partial charge in [-0.1, -0.05) is 0 Å². The molecule has 0 bridgehead atoms. The summed E-state index contributed by atoms with van der Waals surface area (Å²) in [5, 5.41) is 6.29. The molecule has 5 nitrogen and oxygen atoms in total. The van der Waals surface area contributed by atoms with Gasteiger partial charge in [0.1, 0.15) is 5.75 Å². The molecule has 1 aliphatic heterocycles. The Morgan fingerprint density at radius 1 is 1.29 bits per heavy atom. The Labute approximate surface area is 126 Å². The molecule has 0 aromatic heterocycles. The van der Waals surface area contributed by atoms with E-state index in [0.717, 1.165) is 37.4 Å². The summed E-state index contributed by atoms with van der Waals surface area (Å²) in [7, 11) is 3.63. The first-order valence-electron chi connectivity index (χ1n) is 7.40. The third kappa shape index (κ3) is 4.44. The molecule has 1 saturated heterocycles. The summed E-state index contributed by atoms with van der Waals surface area (Å²) in [4.78, 5) is 14.3. The van der Waals surface area contributed by atoms with Crippen LogP contribution in [0.5, 0.6) is 5.75 Å². The summed E-state index contributed by atoms with van der Waals surface area (Å²) < 4.78 is 5.10. The van der Waals surface area contributed by atoms with Gasteiger partial charge in [0.2, 0.25) is 5.91 Å².